The van der Waals surface area contributed by atoms with Crippen molar-refractivity contribution in [3.05, 3.63) is 54.1 Å². The summed E-state index contributed by atoms with van der Waals surface area (Å²) in [5.74, 6) is 0.606. The molecule has 3 aromatic heterocycles. The number of hydrogen-bond donors (Lipinski definition) is 1. The number of aromatic nitrogens is 4. The van der Waals surface area contributed by atoms with Crippen molar-refractivity contribution >= 4 is 26.8 Å². The highest BCUT2D eigenvalue weighted by molar-refractivity contribution is 7.92. The molecule has 11 heteroatoms. The van der Waals surface area contributed by atoms with Crippen LogP contribution in [0.2, 0.25) is 0 Å². The lowest BCUT2D eigenvalue weighted by atomic mass is 10.1. The molecule has 0 aliphatic heterocycles. The van der Waals surface area contributed by atoms with Crippen LogP contribution in [0, 0.1) is 6.92 Å². The molecule has 1 aromatic carbocycles. The van der Waals surface area contributed by atoms with E-state index in [1.54, 1.807) is 29.9 Å². The maximum atomic E-state index is 12.9. The van der Waals surface area contributed by atoms with Crippen LogP contribution in [0.1, 0.15) is 11.3 Å². The van der Waals surface area contributed by atoms with Crippen LogP contribution in [0.3, 0.4) is 0 Å². The molecule has 0 atom stereocenters. The molecule has 0 bridgehead atoms. The van der Waals surface area contributed by atoms with Crippen molar-refractivity contribution in [1.29, 1.82) is 0 Å². The highest BCUT2D eigenvalue weighted by Crippen LogP contribution is 2.35. The van der Waals surface area contributed by atoms with E-state index in [0.29, 0.717) is 29.0 Å². The van der Waals surface area contributed by atoms with Crippen LogP contribution < -0.4 is 14.2 Å². The Labute approximate surface area is 172 Å². The van der Waals surface area contributed by atoms with Crippen LogP contribution in [0.25, 0.3) is 11.0 Å². The third-order valence-electron chi connectivity index (χ3n) is 4.43. The van der Waals surface area contributed by atoms with Gasteiger partial charge in [0, 0.05) is 24.2 Å². The Morgan fingerprint density at radius 3 is 2.67 bits per heavy atom. The molecule has 0 fully saturated rings. The van der Waals surface area contributed by atoms with E-state index in [4.69, 9.17) is 14.0 Å². The Bertz CT molecular complexity index is 1300. The summed E-state index contributed by atoms with van der Waals surface area (Å²) in [6.45, 7) is 2.23. The third-order valence-corrected chi connectivity index (χ3v) is 5.78. The Kier molecular flexibility index (Phi) is 5.04. The van der Waals surface area contributed by atoms with Gasteiger partial charge in [-0.3, -0.25) is 14.4 Å². The number of nitrogens with one attached hydrogen (secondary N) is 1. The molecule has 0 unspecified atom stereocenters. The lowest BCUT2D eigenvalue weighted by Crippen LogP contribution is -2.15. The minimum atomic E-state index is -4.04. The highest BCUT2D eigenvalue weighted by atomic mass is 32.2. The SMILES string of the molecule is COc1cc(C)ncc1S(=O)(=O)Nc1noc2cc(Cn3cccn3)cc(OC)c12. The van der Waals surface area contributed by atoms with Gasteiger partial charge in [-0.2, -0.15) is 5.10 Å². The molecule has 0 radical (unpaired) electrons. The largest absolute Gasteiger partial charge is 0.496 e. The van der Waals surface area contributed by atoms with Gasteiger partial charge in [-0.1, -0.05) is 5.16 Å². The average Bonchev–Trinajstić information content (AvgIpc) is 3.37. The van der Waals surface area contributed by atoms with E-state index in [9.17, 15) is 8.42 Å². The van der Waals surface area contributed by atoms with Crippen LogP contribution in [0.15, 0.2) is 52.3 Å². The van der Waals surface area contributed by atoms with Crippen molar-refractivity contribution in [2.45, 2.75) is 18.4 Å². The van der Waals surface area contributed by atoms with Crippen LogP contribution in [0.4, 0.5) is 5.82 Å². The average molecular weight is 429 g/mol. The summed E-state index contributed by atoms with van der Waals surface area (Å²) >= 11 is 0. The van der Waals surface area contributed by atoms with Gasteiger partial charge >= 0.3 is 0 Å². The van der Waals surface area contributed by atoms with E-state index in [1.165, 1.54) is 26.5 Å². The van der Waals surface area contributed by atoms with Crippen molar-refractivity contribution in [3.8, 4) is 11.5 Å². The van der Waals surface area contributed by atoms with Gasteiger partial charge in [-0.05, 0) is 30.7 Å². The van der Waals surface area contributed by atoms with Crippen molar-refractivity contribution in [1.82, 2.24) is 19.9 Å². The first-order valence-electron chi connectivity index (χ1n) is 8.88. The molecule has 156 valence electrons. The molecule has 1 N–H and O–H groups in total. The van der Waals surface area contributed by atoms with Crippen LogP contribution in [-0.4, -0.2) is 42.6 Å². The van der Waals surface area contributed by atoms with Crippen LogP contribution >= 0.6 is 0 Å². The number of ether oxygens (including phenoxy) is 2. The third kappa shape index (κ3) is 3.66. The monoisotopic (exact) mass is 429 g/mol. The van der Waals surface area contributed by atoms with Gasteiger partial charge in [0.05, 0.1) is 27.0 Å². The summed E-state index contributed by atoms with van der Waals surface area (Å²) in [5, 5.41) is 8.48. The maximum Gasteiger partial charge on any atom is 0.268 e. The van der Waals surface area contributed by atoms with Crippen molar-refractivity contribution in [2.75, 3.05) is 18.9 Å². The maximum absolute atomic E-state index is 12.9. The molecule has 10 nitrogen and oxygen atoms in total. The normalized spacial score (nSPS) is 11.6. The first-order valence-corrected chi connectivity index (χ1v) is 10.4. The zero-order valence-electron chi connectivity index (χ0n) is 16.5. The van der Waals surface area contributed by atoms with E-state index < -0.39 is 10.0 Å². The minimum absolute atomic E-state index is 0.00937. The van der Waals surface area contributed by atoms with Gasteiger partial charge in [0.2, 0.25) is 0 Å². The van der Waals surface area contributed by atoms with Crippen LogP contribution in [0.5, 0.6) is 11.5 Å². The predicted molar refractivity (Wildman–Crippen MR) is 108 cm³/mol. The van der Waals surface area contributed by atoms with E-state index in [-0.39, 0.29) is 16.5 Å². The van der Waals surface area contributed by atoms with Crippen molar-refractivity contribution in [3.63, 3.8) is 0 Å². The number of anilines is 1. The Morgan fingerprint density at radius 2 is 1.97 bits per heavy atom. The molecule has 4 aromatic rings. The molecule has 0 aliphatic rings. The van der Waals surface area contributed by atoms with E-state index in [1.807, 2.05) is 12.3 Å². The topological polar surface area (TPSA) is 121 Å². The summed E-state index contributed by atoms with van der Waals surface area (Å²) in [6.07, 6.45) is 4.75. The smallest absolute Gasteiger partial charge is 0.268 e. The number of pyridine rings is 1. The summed E-state index contributed by atoms with van der Waals surface area (Å²) < 4.78 is 46.1. The zero-order valence-corrected chi connectivity index (χ0v) is 17.3. The van der Waals surface area contributed by atoms with Gasteiger partial charge in [0.1, 0.15) is 21.8 Å². The molecule has 3 heterocycles. The zero-order chi connectivity index (χ0) is 21.3. The summed E-state index contributed by atoms with van der Waals surface area (Å²) in [5.41, 5.74) is 1.87. The highest BCUT2D eigenvalue weighted by Gasteiger charge is 2.25. The van der Waals surface area contributed by atoms with E-state index >= 15 is 0 Å². The summed E-state index contributed by atoms with van der Waals surface area (Å²) in [4.78, 5) is 3.94. The predicted octanol–water partition coefficient (Wildman–Crippen LogP) is 2.59. The van der Waals surface area contributed by atoms with Crippen molar-refractivity contribution < 1.29 is 22.4 Å². The van der Waals surface area contributed by atoms with Crippen LogP contribution in [-0.2, 0) is 16.6 Å². The lowest BCUT2D eigenvalue weighted by Gasteiger charge is -2.11. The Hall–Kier alpha value is -3.60. The summed E-state index contributed by atoms with van der Waals surface area (Å²) in [7, 11) is -1.16. The van der Waals surface area contributed by atoms with Gasteiger partial charge in [-0.25, -0.2) is 8.42 Å². The fraction of sp³-hybridized carbons (Fsp3) is 0.211. The quantitative estimate of drug-likeness (QED) is 0.476. The lowest BCUT2D eigenvalue weighted by molar-refractivity contribution is 0.401. The Morgan fingerprint density at radius 1 is 1.17 bits per heavy atom. The molecule has 0 aliphatic carbocycles. The fourth-order valence-corrected chi connectivity index (χ4v) is 4.16. The van der Waals surface area contributed by atoms with E-state index in [2.05, 4.69) is 20.0 Å². The fourth-order valence-electron chi connectivity index (χ4n) is 3.06. The molecule has 0 amide bonds. The summed E-state index contributed by atoms with van der Waals surface area (Å²) in [6, 6.07) is 6.91. The Balaban J connectivity index is 1.73. The number of fused-ring (bicyclic) bond motifs is 1. The standard InChI is InChI=1S/C19H19N5O5S/c1-12-7-14(27-2)17(10-20-12)30(25,26)23-19-18-15(28-3)8-13(9-16(18)29-22-19)11-24-6-4-5-21-24/h4-10H,11H2,1-3H3,(H,22,23). The molecule has 0 spiro atoms. The second-order valence-corrected chi connectivity index (χ2v) is 8.14. The van der Waals surface area contributed by atoms with Gasteiger partial charge in [0.15, 0.2) is 11.4 Å². The number of hydrogen-bond acceptors (Lipinski definition) is 8. The second kappa shape index (κ2) is 7.67. The number of sulfonamides is 1. The molecule has 30 heavy (non-hydrogen) atoms. The van der Waals surface area contributed by atoms with E-state index in [0.717, 1.165) is 5.56 Å². The molecule has 4 rings (SSSR count). The molecule has 0 saturated carbocycles. The van der Waals surface area contributed by atoms with Gasteiger partial charge in [0.25, 0.3) is 10.0 Å². The first kappa shape index (κ1) is 19.7. The van der Waals surface area contributed by atoms with Gasteiger partial charge in [-0.15, -0.1) is 0 Å². The number of methoxy groups -OCH3 is 2. The van der Waals surface area contributed by atoms with Gasteiger partial charge < -0.3 is 14.0 Å². The molecule has 0 saturated heterocycles. The number of benzene rings is 1. The number of rotatable bonds is 7. The van der Waals surface area contributed by atoms with Crippen molar-refractivity contribution in [2.24, 2.45) is 0 Å². The number of nitrogens with zero attached hydrogens (tertiary/aromatic N) is 4. The first-order chi connectivity index (χ1) is 14.4. The number of aryl methyl sites for hydroxylation is 1. The molecular formula is C19H19N5O5S. The molecular weight excluding hydrogens is 410 g/mol. The minimum Gasteiger partial charge on any atom is -0.496 e. The second-order valence-electron chi connectivity index (χ2n) is 6.49.